The molecule has 4 rings (SSSR count). The second-order valence-corrected chi connectivity index (χ2v) is 7.16. The van der Waals surface area contributed by atoms with Crippen molar-refractivity contribution in [2.45, 2.75) is 38.3 Å². The van der Waals surface area contributed by atoms with Gasteiger partial charge in [0.1, 0.15) is 5.82 Å². The first-order chi connectivity index (χ1) is 10.8. The SMILES string of the molecule is Nc1nc2c(c(NC3CC3)n1)CCN(Cc1cccs1)CC2. The lowest BCUT2D eigenvalue weighted by atomic mass is 10.1. The van der Waals surface area contributed by atoms with Crippen molar-refractivity contribution < 1.29 is 0 Å². The van der Waals surface area contributed by atoms with E-state index in [9.17, 15) is 0 Å². The first-order valence-electron chi connectivity index (χ1n) is 7.94. The summed E-state index contributed by atoms with van der Waals surface area (Å²) in [4.78, 5) is 12.9. The molecule has 3 N–H and O–H groups in total. The van der Waals surface area contributed by atoms with Crippen LogP contribution < -0.4 is 11.1 Å². The summed E-state index contributed by atoms with van der Waals surface area (Å²) < 4.78 is 0. The van der Waals surface area contributed by atoms with Crippen molar-refractivity contribution in [2.24, 2.45) is 0 Å². The molecule has 5 nitrogen and oxygen atoms in total. The fourth-order valence-corrected chi connectivity index (χ4v) is 3.73. The van der Waals surface area contributed by atoms with Crippen LogP contribution in [0.15, 0.2) is 17.5 Å². The van der Waals surface area contributed by atoms with Crippen LogP contribution >= 0.6 is 11.3 Å². The van der Waals surface area contributed by atoms with E-state index in [1.807, 2.05) is 11.3 Å². The second kappa shape index (κ2) is 5.85. The van der Waals surface area contributed by atoms with E-state index < -0.39 is 0 Å². The number of aromatic nitrogens is 2. The fourth-order valence-electron chi connectivity index (χ4n) is 2.99. The number of nitrogens with zero attached hydrogens (tertiary/aromatic N) is 3. The Morgan fingerprint density at radius 1 is 1.27 bits per heavy atom. The van der Waals surface area contributed by atoms with Crippen LogP contribution in [0.5, 0.6) is 0 Å². The zero-order valence-corrected chi connectivity index (χ0v) is 13.4. The fraction of sp³-hybridized carbons (Fsp3) is 0.500. The Bertz CT molecular complexity index is 651. The van der Waals surface area contributed by atoms with Crippen molar-refractivity contribution in [3.05, 3.63) is 33.6 Å². The lowest BCUT2D eigenvalue weighted by molar-refractivity contribution is 0.281. The van der Waals surface area contributed by atoms with E-state index in [0.717, 1.165) is 44.0 Å². The minimum absolute atomic E-state index is 0.397. The van der Waals surface area contributed by atoms with Crippen molar-refractivity contribution in [1.29, 1.82) is 0 Å². The Hall–Kier alpha value is -1.66. The zero-order chi connectivity index (χ0) is 14.9. The summed E-state index contributed by atoms with van der Waals surface area (Å²) in [6, 6.07) is 4.92. The number of nitrogens with one attached hydrogen (secondary N) is 1. The van der Waals surface area contributed by atoms with Gasteiger partial charge < -0.3 is 11.1 Å². The highest BCUT2D eigenvalue weighted by molar-refractivity contribution is 7.09. The van der Waals surface area contributed by atoms with Crippen molar-refractivity contribution in [1.82, 2.24) is 14.9 Å². The minimum Gasteiger partial charge on any atom is -0.368 e. The van der Waals surface area contributed by atoms with E-state index in [2.05, 4.69) is 37.7 Å². The van der Waals surface area contributed by atoms with Crippen LogP contribution in [0.4, 0.5) is 11.8 Å². The van der Waals surface area contributed by atoms with E-state index in [4.69, 9.17) is 5.73 Å². The van der Waals surface area contributed by atoms with Crippen LogP contribution in [0.2, 0.25) is 0 Å². The molecule has 3 heterocycles. The summed E-state index contributed by atoms with van der Waals surface area (Å²) in [6.45, 7) is 3.11. The third-order valence-corrected chi connectivity index (χ3v) is 5.19. The molecule has 1 fully saturated rings. The van der Waals surface area contributed by atoms with Crippen LogP contribution in [-0.4, -0.2) is 34.0 Å². The maximum Gasteiger partial charge on any atom is 0.222 e. The number of hydrogen-bond donors (Lipinski definition) is 2. The summed E-state index contributed by atoms with van der Waals surface area (Å²) >= 11 is 1.83. The number of anilines is 2. The normalized spacial score (nSPS) is 18.7. The van der Waals surface area contributed by atoms with Gasteiger partial charge in [0.15, 0.2) is 0 Å². The van der Waals surface area contributed by atoms with Crippen molar-refractivity contribution in [3.63, 3.8) is 0 Å². The first-order valence-corrected chi connectivity index (χ1v) is 8.82. The molecule has 116 valence electrons. The Morgan fingerprint density at radius 2 is 2.14 bits per heavy atom. The lowest BCUT2D eigenvalue weighted by Crippen LogP contribution is -2.25. The van der Waals surface area contributed by atoms with E-state index in [1.165, 1.54) is 23.3 Å². The molecule has 0 saturated heterocycles. The molecule has 2 aromatic rings. The second-order valence-electron chi connectivity index (χ2n) is 6.13. The van der Waals surface area contributed by atoms with Gasteiger partial charge in [-0.25, -0.2) is 4.98 Å². The summed E-state index contributed by atoms with van der Waals surface area (Å²) in [5.74, 6) is 1.37. The summed E-state index contributed by atoms with van der Waals surface area (Å²) in [5, 5.41) is 5.67. The summed E-state index contributed by atoms with van der Waals surface area (Å²) in [5.41, 5.74) is 8.30. The van der Waals surface area contributed by atoms with Gasteiger partial charge in [0.2, 0.25) is 5.95 Å². The zero-order valence-electron chi connectivity index (χ0n) is 12.6. The largest absolute Gasteiger partial charge is 0.368 e. The Morgan fingerprint density at radius 3 is 2.91 bits per heavy atom. The van der Waals surface area contributed by atoms with Crippen LogP contribution in [0, 0.1) is 0 Å². The monoisotopic (exact) mass is 315 g/mol. The van der Waals surface area contributed by atoms with Crippen molar-refractivity contribution in [3.8, 4) is 0 Å². The molecule has 0 unspecified atom stereocenters. The third kappa shape index (κ3) is 3.08. The highest BCUT2D eigenvalue weighted by Crippen LogP contribution is 2.29. The molecule has 1 saturated carbocycles. The Kier molecular flexibility index (Phi) is 3.72. The maximum atomic E-state index is 5.90. The number of nitrogens with two attached hydrogens (primary N) is 1. The molecule has 22 heavy (non-hydrogen) atoms. The van der Waals surface area contributed by atoms with Gasteiger partial charge in [-0.05, 0) is 30.7 Å². The lowest BCUT2D eigenvalue weighted by Gasteiger charge is -2.18. The number of thiophene rings is 1. The van der Waals surface area contributed by atoms with E-state index in [0.29, 0.717) is 12.0 Å². The Balaban J connectivity index is 1.52. The number of nitrogen functional groups attached to an aromatic ring is 1. The molecule has 2 aliphatic rings. The predicted molar refractivity (Wildman–Crippen MR) is 90.1 cm³/mol. The van der Waals surface area contributed by atoms with Gasteiger partial charge in [0.25, 0.3) is 0 Å². The standard InChI is InChI=1S/C16H21N5S/c17-16-19-14-6-8-21(10-12-2-1-9-22-12)7-5-13(14)15(20-16)18-11-3-4-11/h1-2,9,11H,3-8,10H2,(H3,17,18,19,20). The van der Waals surface area contributed by atoms with Gasteiger partial charge >= 0.3 is 0 Å². The van der Waals surface area contributed by atoms with Crippen LogP contribution in [0.25, 0.3) is 0 Å². The Labute approximate surface area is 134 Å². The predicted octanol–water partition coefficient (Wildman–Crippen LogP) is 2.30. The smallest absolute Gasteiger partial charge is 0.222 e. The van der Waals surface area contributed by atoms with Gasteiger partial charge in [-0.1, -0.05) is 6.07 Å². The quantitative estimate of drug-likeness (QED) is 0.906. The van der Waals surface area contributed by atoms with Gasteiger partial charge in [-0.2, -0.15) is 4.98 Å². The molecule has 1 aliphatic carbocycles. The van der Waals surface area contributed by atoms with E-state index in [1.54, 1.807) is 0 Å². The molecule has 2 aromatic heterocycles. The van der Waals surface area contributed by atoms with Gasteiger partial charge in [-0.3, -0.25) is 4.90 Å². The number of fused-ring (bicyclic) bond motifs is 1. The van der Waals surface area contributed by atoms with Crippen molar-refractivity contribution >= 4 is 23.1 Å². The van der Waals surface area contributed by atoms with Gasteiger partial charge in [0, 0.05) is 42.5 Å². The molecule has 6 heteroatoms. The van der Waals surface area contributed by atoms with Crippen LogP contribution in [0.3, 0.4) is 0 Å². The molecule has 0 bridgehead atoms. The highest BCUT2D eigenvalue weighted by atomic mass is 32.1. The van der Waals surface area contributed by atoms with E-state index in [-0.39, 0.29) is 0 Å². The molecular formula is C16H21N5S. The first kappa shape index (κ1) is 14.0. The van der Waals surface area contributed by atoms with Crippen molar-refractivity contribution in [2.75, 3.05) is 24.1 Å². The van der Waals surface area contributed by atoms with Crippen LogP contribution in [-0.2, 0) is 19.4 Å². The van der Waals surface area contributed by atoms with E-state index >= 15 is 0 Å². The maximum absolute atomic E-state index is 5.90. The minimum atomic E-state index is 0.397. The number of rotatable bonds is 4. The topological polar surface area (TPSA) is 67.1 Å². The summed E-state index contributed by atoms with van der Waals surface area (Å²) in [6.07, 6.45) is 4.43. The molecule has 0 aromatic carbocycles. The molecule has 0 spiro atoms. The van der Waals surface area contributed by atoms with Gasteiger partial charge in [-0.15, -0.1) is 11.3 Å². The molecular weight excluding hydrogens is 294 g/mol. The average Bonchev–Trinajstić information content (AvgIpc) is 3.20. The van der Waals surface area contributed by atoms with Gasteiger partial charge in [0.05, 0.1) is 5.69 Å². The average molecular weight is 315 g/mol. The third-order valence-electron chi connectivity index (χ3n) is 4.33. The molecule has 0 amide bonds. The molecule has 0 radical (unpaired) electrons. The van der Waals surface area contributed by atoms with Crippen LogP contribution in [0.1, 0.15) is 29.0 Å². The molecule has 0 atom stereocenters. The number of hydrogen-bond acceptors (Lipinski definition) is 6. The summed E-state index contributed by atoms with van der Waals surface area (Å²) in [7, 11) is 0. The highest BCUT2D eigenvalue weighted by Gasteiger charge is 2.25. The molecule has 1 aliphatic heterocycles.